The molecule has 0 aliphatic rings. The molecule has 0 unspecified atom stereocenters. The highest BCUT2D eigenvalue weighted by Gasteiger charge is 2.16. The second-order valence-electron chi connectivity index (χ2n) is 5.60. The predicted molar refractivity (Wildman–Crippen MR) is 85.5 cm³/mol. The number of methoxy groups -OCH3 is 1. The summed E-state index contributed by atoms with van der Waals surface area (Å²) in [5.74, 6) is 1.32. The fourth-order valence-corrected chi connectivity index (χ4v) is 2.60. The summed E-state index contributed by atoms with van der Waals surface area (Å²) in [6, 6.07) is 5.64. The molecule has 22 heavy (non-hydrogen) atoms. The smallest absolute Gasteiger partial charge is 0.407 e. The van der Waals surface area contributed by atoms with Crippen LogP contribution in [0.4, 0.5) is 4.79 Å². The van der Waals surface area contributed by atoms with Gasteiger partial charge >= 0.3 is 6.09 Å². The number of rotatable bonds is 5. The van der Waals surface area contributed by atoms with Crippen LogP contribution in [0.1, 0.15) is 20.8 Å². The van der Waals surface area contributed by atoms with E-state index in [1.165, 1.54) is 11.8 Å². The zero-order chi connectivity index (χ0) is 16.2. The minimum absolute atomic E-state index is 0.417. The van der Waals surface area contributed by atoms with Crippen LogP contribution < -0.4 is 10.1 Å². The maximum absolute atomic E-state index is 11.5. The Balaban J connectivity index is 1.87. The molecule has 0 bridgehead atoms. The standard InChI is InChI=1S/C15H20N2O4S/c1-15(2,3)20-14(18)16-8-9-22-13-10-6-5-7-11(19-4)12(10)21-17-13/h5-7H,8-9H2,1-4H3,(H,16,18). The first-order valence-electron chi connectivity index (χ1n) is 6.93. The van der Waals surface area contributed by atoms with Crippen LogP contribution in [0.25, 0.3) is 11.0 Å². The summed E-state index contributed by atoms with van der Waals surface area (Å²) in [5.41, 5.74) is 0.142. The van der Waals surface area contributed by atoms with Gasteiger partial charge in [-0.15, -0.1) is 11.8 Å². The van der Waals surface area contributed by atoms with Crippen molar-refractivity contribution in [1.29, 1.82) is 0 Å². The molecule has 0 spiro atoms. The lowest BCUT2D eigenvalue weighted by atomic mass is 10.2. The van der Waals surface area contributed by atoms with E-state index in [0.29, 0.717) is 23.6 Å². The van der Waals surface area contributed by atoms with E-state index in [2.05, 4.69) is 10.5 Å². The fraction of sp³-hybridized carbons (Fsp3) is 0.467. The number of para-hydroxylation sites is 1. The van der Waals surface area contributed by atoms with E-state index in [0.717, 1.165) is 10.4 Å². The number of hydrogen-bond donors (Lipinski definition) is 1. The van der Waals surface area contributed by atoms with E-state index in [1.54, 1.807) is 7.11 Å². The van der Waals surface area contributed by atoms with Crippen molar-refractivity contribution in [3.8, 4) is 5.75 Å². The highest BCUT2D eigenvalue weighted by atomic mass is 32.2. The zero-order valence-corrected chi connectivity index (χ0v) is 14.0. The number of fused-ring (bicyclic) bond motifs is 1. The SMILES string of the molecule is COc1cccc2c(SCCNC(=O)OC(C)(C)C)noc12. The number of hydrogen-bond acceptors (Lipinski definition) is 6. The highest BCUT2D eigenvalue weighted by molar-refractivity contribution is 7.99. The molecule has 1 amide bonds. The minimum Gasteiger partial charge on any atom is -0.493 e. The molecule has 1 N–H and O–H groups in total. The van der Waals surface area contributed by atoms with E-state index >= 15 is 0 Å². The first-order valence-corrected chi connectivity index (χ1v) is 7.91. The summed E-state index contributed by atoms with van der Waals surface area (Å²) in [7, 11) is 1.59. The second-order valence-corrected chi connectivity index (χ2v) is 6.69. The maximum atomic E-state index is 11.5. The molecule has 0 aliphatic carbocycles. The van der Waals surface area contributed by atoms with E-state index in [4.69, 9.17) is 14.0 Å². The van der Waals surface area contributed by atoms with E-state index in [9.17, 15) is 4.79 Å². The van der Waals surface area contributed by atoms with Crippen LogP contribution in [0.3, 0.4) is 0 Å². The number of ether oxygens (including phenoxy) is 2. The van der Waals surface area contributed by atoms with Crippen molar-refractivity contribution in [2.45, 2.75) is 31.4 Å². The number of aromatic nitrogens is 1. The average molecular weight is 324 g/mol. The molecule has 7 heteroatoms. The molecule has 120 valence electrons. The van der Waals surface area contributed by atoms with Crippen molar-refractivity contribution in [1.82, 2.24) is 10.5 Å². The molecule has 0 aliphatic heterocycles. The van der Waals surface area contributed by atoms with Crippen LogP contribution in [-0.4, -0.2) is 36.3 Å². The summed E-state index contributed by atoms with van der Waals surface area (Å²) in [4.78, 5) is 11.5. The Morgan fingerprint density at radius 3 is 2.86 bits per heavy atom. The lowest BCUT2D eigenvalue weighted by Gasteiger charge is -2.19. The monoisotopic (exact) mass is 324 g/mol. The third-order valence-electron chi connectivity index (χ3n) is 2.66. The van der Waals surface area contributed by atoms with Gasteiger partial charge < -0.3 is 19.3 Å². The van der Waals surface area contributed by atoms with E-state index in [-0.39, 0.29) is 0 Å². The quantitative estimate of drug-likeness (QED) is 0.671. The Kier molecular flexibility index (Phi) is 5.18. The lowest BCUT2D eigenvalue weighted by Crippen LogP contribution is -2.33. The van der Waals surface area contributed by atoms with Crippen molar-refractivity contribution in [2.24, 2.45) is 0 Å². The van der Waals surface area contributed by atoms with E-state index < -0.39 is 11.7 Å². The molecule has 6 nitrogen and oxygen atoms in total. The molecular weight excluding hydrogens is 304 g/mol. The molecule has 0 saturated heterocycles. The molecule has 1 aromatic heterocycles. The van der Waals surface area contributed by atoms with Crippen molar-refractivity contribution in [2.75, 3.05) is 19.4 Å². The summed E-state index contributed by atoms with van der Waals surface area (Å²) >= 11 is 1.51. The van der Waals surface area contributed by atoms with Crippen molar-refractivity contribution in [3.63, 3.8) is 0 Å². The molecule has 2 aromatic rings. The number of nitrogens with one attached hydrogen (secondary N) is 1. The number of carbonyl (C=O) groups excluding carboxylic acids is 1. The average Bonchev–Trinajstić information content (AvgIpc) is 2.85. The van der Waals surface area contributed by atoms with Crippen molar-refractivity contribution >= 4 is 28.8 Å². The Labute approximate surface area is 133 Å². The van der Waals surface area contributed by atoms with Crippen LogP contribution >= 0.6 is 11.8 Å². The Morgan fingerprint density at radius 1 is 1.41 bits per heavy atom. The molecular formula is C15H20N2O4S. The molecule has 1 heterocycles. The number of carbonyl (C=O) groups is 1. The van der Waals surface area contributed by atoms with Gasteiger partial charge in [-0.2, -0.15) is 0 Å². The first-order chi connectivity index (χ1) is 10.4. The topological polar surface area (TPSA) is 73.6 Å². The van der Waals surface area contributed by atoms with Gasteiger partial charge in [0.05, 0.1) is 12.5 Å². The second kappa shape index (κ2) is 6.91. The first kappa shape index (κ1) is 16.5. The fourth-order valence-electron chi connectivity index (χ4n) is 1.79. The third kappa shape index (κ3) is 4.30. The van der Waals surface area contributed by atoms with Crippen molar-refractivity contribution in [3.05, 3.63) is 18.2 Å². The highest BCUT2D eigenvalue weighted by Crippen LogP contribution is 2.32. The molecule has 1 aromatic carbocycles. The Hall–Kier alpha value is -1.89. The van der Waals surface area contributed by atoms with Gasteiger partial charge in [0.2, 0.25) is 5.58 Å². The molecule has 2 rings (SSSR count). The summed E-state index contributed by atoms with van der Waals surface area (Å²) < 4.78 is 15.7. The van der Waals surface area contributed by atoms with Gasteiger partial charge in [-0.05, 0) is 32.9 Å². The van der Waals surface area contributed by atoms with Gasteiger partial charge in [-0.1, -0.05) is 11.2 Å². The third-order valence-corrected chi connectivity index (χ3v) is 3.63. The van der Waals surface area contributed by atoms with E-state index in [1.807, 2.05) is 39.0 Å². The Bertz CT molecular complexity index is 649. The van der Waals surface area contributed by atoms with Gasteiger partial charge in [0.1, 0.15) is 10.6 Å². The molecule has 0 fully saturated rings. The van der Waals surface area contributed by atoms with Crippen LogP contribution in [0.2, 0.25) is 0 Å². The number of alkyl carbamates (subject to hydrolysis) is 1. The minimum atomic E-state index is -0.490. The van der Waals surface area contributed by atoms with Crippen LogP contribution in [0.15, 0.2) is 27.7 Å². The number of amides is 1. The number of benzene rings is 1. The molecule has 0 atom stereocenters. The van der Waals surface area contributed by atoms with Crippen LogP contribution in [-0.2, 0) is 4.74 Å². The van der Waals surface area contributed by atoms with Gasteiger partial charge in [0.15, 0.2) is 5.75 Å². The summed E-state index contributed by atoms with van der Waals surface area (Å²) in [6.07, 6.45) is -0.417. The van der Waals surface area contributed by atoms with Crippen molar-refractivity contribution < 1.29 is 18.8 Å². The summed E-state index contributed by atoms with van der Waals surface area (Å²) in [5, 5.41) is 8.43. The largest absolute Gasteiger partial charge is 0.493 e. The summed E-state index contributed by atoms with van der Waals surface area (Å²) in [6.45, 7) is 5.97. The maximum Gasteiger partial charge on any atom is 0.407 e. The van der Waals surface area contributed by atoms with Gasteiger partial charge in [-0.3, -0.25) is 0 Å². The van der Waals surface area contributed by atoms with Gasteiger partial charge in [0, 0.05) is 12.3 Å². The lowest BCUT2D eigenvalue weighted by molar-refractivity contribution is 0.0531. The van der Waals surface area contributed by atoms with Crippen LogP contribution in [0.5, 0.6) is 5.75 Å². The van der Waals surface area contributed by atoms with Gasteiger partial charge in [0.25, 0.3) is 0 Å². The van der Waals surface area contributed by atoms with Crippen LogP contribution in [0, 0.1) is 0 Å². The number of thioether (sulfide) groups is 1. The van der Waals surface area contributed by atoms with Gasteiger partial charge in [-0.25, -0.2) is 4.79 Å². The predicted octanol–water partition coefficient (Wildman–Crippen LogP) is 3.45. The normalized spacial score (nSPS) is 11.5. The zero-order valence-electron chi connectivity index (χ0n) is 13.1. The Morgan fingerprint density at radius 2 is 2.18 bits per heavy atom. The molecule has 0 radical (unpaired) electrons. The molecule has 0 saturated carbocycles. The number of nitrogens with zero attached hydrogens (tertiary/aromatic N) is 1.